The topological polar surface area (TPSA) is 121 Å². The molecule has 0 unspecified atom stereocenters. The Balaban J connectivity index is 1.42. The maximum atomic E-state index is 12.8. The van der Waals surface area contributed by atoms with Crippen LogP contribution in [0.5, 0.6) is 0 Å². The Hall–Kier alpha value is -4.36. The van der Waals surface area contributed by atoms with Crippen molar-refractivity contribution < 1.29 is 23.9 Å². The second-order valence-electron chi connectivity index (χ2n) is 13.1. The smallest absolute Gasteiger partial charge is 0.442 e. The normalized spacial score (nSPS) is 14.7. The highest BCUT2D eigenvalue weighted by Crippen LogP contribution is 2.39. The van der Waals surface area contributed by atoms with Crippen molar-refractivity contribution in [2.24, 2.45) is 4.99 Å². The van der Waals surface area contributed by atoms with Crippen LogP contribution in [0.4, 0.5) is 9.59 Å². The molecule has 4 heterocycles. The van der Waals surface area contributed by atoms with E-state index in [1.165, 1.54) is 10.4 Å². The molecule has 11 nitrogen and oxygen atoms in total. The lowest BCUT2D eigenvalue weighted by Gasteiger charge is -2.26. The van der Waals surface area contributed by atoms with Crippen LogP contribution in [0.15, 0.2) is 46.9 Å². The van der Waals surface area contributed by atoms with Crippen LogP contribution in [0.25, 0.3) is 11.1 Å². The molecule has 5 rings (SSSR count). The molecule has 13 heteroatoms. The van der Waals surface area contributed by atoms with Crippen molar-refractivity contribution in [3.63, 3.8) is 0 Å². The van der Waals surface area contributed by atoms with Crippen molar-refractivity contribution in [1.29, 1.82) is 0 Å². The quantitative estimate of drug-likeness (QED) is 0.149. The van der Waals surface area contributed by atoms with Crippen LogP contribution in [-0.4, -0.2) is 60.5 Å². The molecule has 0 spiro atoms. The number of hydrogen-bond donors (Lipinski definition) is 0. The van der Waals surface area contributed by atoms with Crippen LogP contribution < -0.4 is 0 Å². The first-order valence-electron chi connectivity index (χ1n) is 15.3. The van der Waals surface area contributed by atoms with E-state index in [4.69, 9.17) is 19.3 Å². The molecule has 1 aliphatic rings. The second-order valence-corrected chi connectivity index (χ2v) is 15.3. The molecule has 0 radical (unpaired) electrons. The van der Waals surface area contributed by atoms with E-state index in [1.807, 2.05) is 48.8 Å². The zero-order chi connectivity index (χ0) is 34.1. The van der Waals surface area contributed by atoms with Gasteiger partial charge in [0.1, 0.15) is 28.1 Å². The number of hydrogen-bond acceptors (Lipinski definition) is 11. The molecule has 0 aliphatic carbocycles. The van der Waals surface area contributed by atoms with Crippen LogP contribution in [-0.2, 0) is 20.7 Å². The van der Waals surface area contributed by atoms with Crippen molar-refractivity contribution in [3.8, 4) is 5.00 Å². The summed E-state index contributed by atoms with van der Waals surface area (Å²) < 4.78 is 12.8. The Kier molecular flexibility index (Phi) is 9.69. The molecule has 0 N–H and O–H groups in total. The maximum Gasteiger partial charge on any atom is 0.534 e. The molecule has 0 saturated heterocycles. The van der Waals surface area contributed by atoms with Gasteiger partial charge in [0.2, 0.25) is 0 Å². The molecule has 4 aromatic rings. The summed E-state index contributed by atoms with van der Waals surface area (Å²) in [5, 5.41) is 13.9. The summed E-state index contributed by atoms with van der Waals surface area (Å²) in [7, 11) is 0. The van der Waals surface area contributed by atoms with E-state index >= 15 is 0 Å². The van der Waals surface area contributed by atoms with Crippen LogP contribution in [0.3, 0.4) is 0 Å². The summed E-state index contributed by atoms with van der Waals surface area (Å²) in [6, 6.07) is 7.79. The van der Waals surface area contributed by atoms with Crippen molar-refractivity contribution in [2.45, 2.75) is 86.0 Å². The van der Waals surface area contributed by atoms with Gasteiger partial charge >= 0.3 is 12.2 Å². The Morgan fingerprint density at radius 3 is 2.34 bits per heavy atom. The number of aliphatic imine (C=N–C) groups is 1. The lowest BCUT2D eigenvalue weighted by atomic mass is 9.98. The van der Waals surface area contributed by atoms with E-state index in [0.717, 1.165) is 49.1 Å². The number of aromatic nitrogens is 4. The SMILES string of the molecule is Cc1sc2c(c1C)C(c1ccc(/C=C/CN(OC(=O)OC(C)(C)C)C(=O)OC(C)(C)C)cc1)=N[C@@H](Cc1nccs1)c1nnc(C)n1-2. The molecule has 248 valence electrons. The minimum absolute atomic E-state index is 0.0450. The third-order valence-corrected chi connectivity index (χ3v) is 9.02. The van der Waals surface area contributed by atoms with Gasteiger partial charge in [-0.05, 0) is 73.4 Å². The van der Waals surface area contributed by atoms with E-state index in [2.05, 4.69) is 33.6 Å². The van der Waals surface area contributed by atoms with E-state index in [9.17, 15) is 9.59 Å². The molecule has 1 amide bonds. The van der Waals surface area contributed by atoms with Gasteiger partial charge in [-0.25, -0.2) is 14.6 Å². The van der Waals surface area contributed by atoms with Gasteiger partial charge in [-0.1, -0.05) is 36.4 Å². The summed E-state index contributed by atoms with van der Waals surface area (Å²) in [6.07, 6.45) is 4.19. The Bertz CT molecular complexity index is 1810. The van der Waals surface area contributed by atoms with Crippen LogP contribution in [0, 0.1) is 20.8 Å². The number of rotatable bonds is 6. The largest absolute Gasteiger partial charge is 0.534 e. The number of amides is 1. The molecule has 1 atom stereocenters. The number of thiophene rings is 1. The first-order chi connectivity index (χ1) is 22.1. The molecule has 1 aliphatic heterocycles. The molecular formula is C34H40N6O5S2. The van der Waals surface area contributed by atoms with Gasteiger partial charge < -0.3 is 9.47 Å². The summed E-state index contributed by atoms with van der Waals surface area (Å²) >= 11 is 3.32. The fourth-order valence-electron chi connectivity index (χ4n) is 4.90. The van der Waals surface area contributed by atoms with Crippen LogP contribution in [0.1, 0.15) is 91.4 Å². The van der Waals surface area contributed by atoms with Gasteiger partial charge in [-0.15, -0.1) is 37.9 Å². The van der Waals surface area contributed by atoms with Gasteiger partial charge in [0, 0.05) is 34.0 Å². The zero-order valence-electron chi connectivity index (χ0n) is 28.2. The predicted octanol–water partition coefficient (Wildman–Crippen LogP) is 7.96. The molecular weight excluding hydrogens is 637 g/mol. The lowest BCUT2D eigenvalue weighted by molar-refractivity contribution is -0.130. The third kappa shape index (κ3) is 8.14. The highest BCUT2D eigenvalue weighted by Gasteiger charge is 2.32. The van der Waals surface area contributed by atoms with Gasteiger partial charge in [-0.3, -0.25) is 14.4 Å². The Morgan fingerprint density at radius 1 is 1.00 bits per heavy atom. The van der Waals surface area contributed by atoms with Gasteiger partial charge in [0.05, 0.1) is 17.3 Å². The third-order valence-electron chi connectivity index (χ3n) is 7.03. The van der Waals surface area contributed by atoms with Crippen molar-refractivity contribution in [2.75, 3.05) is 6.54 Å². The first-order valence-corrected chi connectivity index (χ1v) is 17.0. The summed E-state index contributed by atoms with van der Waals surface area (Å²) in [6.45, 7) is 16.5. The average molecular weight is 677 g/mol. The van der Waals surface area contributed by atoms with E-state index in [0.29, 0.717) is 6.42 Å². The minimum atomic E-state index is -0.996. The summed E-state index contributed by atoms with van der Waals surface area (Å²) in [5.74, 6) is 1.62. The van der Waals surface area contributed by atoms with E-state index < -0.39 is 23.5 Å². The highest BCUT2D eigenvalue weighted by molar-refractivity contribution is 7.15. The van der Waals surface area contributed by atoms with Crippen LogP contribution in [0.2, 0.25) is 0 Å². The first kappa shape index (κ1) is 34.0. The van der Waals surface area contributed by atoms with Crippen molar-refractivity contribution in [1.82, 2.24) is 24.8 Å². The molecule has 47 heavy (non-hydrogen) atoms. The fraction of sp³-hybridized carbons (Fsp3) is 0.412. The number of fused-ring (bicyclic) bond motifs is 3. The molecule has 0 fully saturated rings. The maximum absolute atomic E-state index is 12.8. The minimum Gasteiger partial charge on any atom is -0.442 e. The van der Waals surface area contributed by atoms with E-state index in [-0.39, 0.29) is 12.6 Å². The second kappa shape index (κ2) is 13.4. The number of aryl methyl sites for hydroxylation is 2. The number of thiazole rings is 1. The molecule has 0 saturated carbocycles. The summed E-state index contributed by atoms with van der Waals surface area (Å²) in [4.78, 5) is 41.4. The zero-order valence-corrected chi connectivity index (χ0v) is 29.8. The van der Waals surface area contributed by atoms with Gasteiger partial charge in [0.25, 0.3) is 0 Å². The standard InChI is InChI=1S/C34H40N6O5S2/c1-20-21(2)47-30-27(20)28(36-25(19-26-35-16-18-46-26)29-38-37-22(3)40(29)30)24-14-12-23(13-15-24)11-10-17-39(31(41)43-33(4,5)6)45-32(42)44-34(7,8)9/h10-16,18,25H,17,19H2,1-9H3/b11-10+/t25-/m0/s1. The van der Waals surface area contributed by atoms with Gasteiger partial charge in [-0.2, -0.15) is 0 Å². The summed E-state index contributed by atoms with van der Waals surface area (Å²) in [5.41, 5.74) is 3.43. The molecule has 1 aromatic carbocycles. The Labute approximate surface area is 282 Å². The van der Waals surface area contributed by atoms with Crippen molar-refractivity contribution >= 4 is 46.7 Å². The average Bonchev–Trinajstić information content (AvgIpc) is 3.66. The van der Waals surface area contributed by atoms with Gasteiger partial charge in [0.15, 0.2) is 5.82 Å². The van der Waals surface area contributed by atoms with Crippen LogP contribution >= 0.6 is 22.7 Å². The lowest BCUT2D eigenvalue weighted by Crippen LogP contribution is -2.39. The number of carbonyl (C=O) groups is 2. The highest BCUT2D eigenvalue weighted by atomic mass is 32.1. The monoisotopic (exact) mass is 676 g/mol. The number of benzene rings is 1. The number of carbonyl (C=O) groups excluding carboxylic acids is 2. The number of nitrogens with zero attached hydrogens (tertiary/aromatic N) is 6. The van der Waals surface area contributed by atoms with Crippen molar-refractivity contribution in [3.05, 3.63) is 85.7 Å². The molecule has 0 bridgehead atoms. The number of hydroxylamine groups is 2. The number of ether oxygens (including phenoxy) is 2. The van der Waals surface area contributed by atoms with E-state index in [1.54, 1.807) is 70.3 Å². The Morgan fingerprint density at radius 2 is 1.70 bits per heavy atom. The fourth-order valence-corrected chi connectivity index (χ4v) is 6.77. The molecule has 3 aromatic heterocycles. The predicted molar refractivity (Wildman–Crippen MR) is 183 cm³/mol.